The highest BCUT2D eigenvalue weighted by Gasteiger charge is 2.15. The number of carbonyl (C=O) groups is 3. The second-order valence-corrected chi connectivity index (χ2v) is 7.09. The number of benzene rings is 1. The van der Waals surface area contributed by atoms with Crippen molar-refractivity contribution in [2.24, 2.45) is 0 Å². The average molecular weight is 419 g/mol. The number of anilines is 1. The van der Waals surface area contributed by atoms with Gasteiger partial charge in [-0.25, -0.2) is 4.79 Å². The van der Waals surface area contributed by atoms with Crippen molar-refractivity contribution in [1.82, 2.24) is 5.32 Å². The van der Waals surface area contributed by atoms with Crippen LogP contribution in [0.25, 0.3) is 0 Å². The van der Waals surface area contributed by atoms with Gasteiger partial charge >= 0.3 is 5.97 Å². The third-order valence-corrected chi connectivity index (χ3v) is 4.76. The fraction of sp³-hybridized carbons (Fsp3) is 0.105. The predicted molar refractivity (Wildman–Crippen MR) is 105 cm³/mol. The number of esters is 1. The minimum Gasteiger partial charge on any atom is -0.459 e. The number of amides is 2. The number of halogens is 1. The van der Waals surface area contributed by atoms with Crippen LogP contribution in [0, 0.1) is 0 Å². The summed E-state index contributed by atoms with van der Waals surface area (Å²) in [5.74, 6) is -1.33. The lowest BCUT2D eigenvalue weighted by Crippen LogP contribution is -2.28. The molecule has 7 nitrogen and oxygen atoms in total. The number of rotatable bonds is 7. The van der Waals surface area contributed by atoms with Gasteiger partial charge in [0.15, 0.2) is 12.4 Å². The van der Waals surface area contributed by atoms with Crippen molar-refractivity contribution in [3.05, 3.63) is 76.0 Å². The van der Waals surface area contributed by atoms with Crippen molar-refractivity contribution in [1.29, 1.82) is 0 Å². The topological polar surface area (TPSA) is 97.6 Å². The molecule has 2 amide bonds. The Hall–Kier alpha value is -3.10. The maximum atomic E-state index is 12.1. The molecule has 0 atom stereocenters. The van der Waals surface area contributed by atoms with Gasteiger partial charge in [-0.2, -0.15) is 0 Å². The summed E-state index contributed by atoms with van der Waals surface area (Å²) >= 11 is 6.84. The Morgan fingerprint density at radius 2 is 1.86 bits per heavy atom. The molecule has 0 radical (unpaired) electrons. The second kappa shape index (κ2) is 9.20. The van der Waals surface area contributed by atoms with E-state index in [-0.39, 0.29) is 10.6 Å². The largest absolute Gasteiger partial charge is 0.459 e. The molecule has 2 N–H and O–H groups in total. The van der Waals surface area contributed by atoms with E-state index >= 15 is 0 Å². The molecule has 0 aliphatic carbocycles. The number of ether oxygens (including phenoxy) is 1. The van der Waals surface area contributed by atoms with Crippen LogP contribution >= 0.6 is 22.9 Å². The number of hydrogen-bond acceptors (Lipinski definition) is 6. The van der Waals surface area contributed by atoms with Crippen LogP contribution in [0.5, 0.6) is 0 Å². The van der Waals surface area contributed by atoms with Crippen LogP contribution < -0.4 is 10.6 Å². The van der Waals surface area contributed by atoms with Crippen LogP contribution in [0.15, 0.2) is 59.2 Å². The Balaban J connectivity index is 1.44. The van der Waals surface area contributed by atoms with E-state index in [4.69, 9.17) is 20.8 Å². The Bertz CT molecular complexity index is 967. The third kappa shape index (κ3) is 5.45. The summed E-state index contributed by atoms with van der Waals surface area (Å²) < 4.78 is 9.99. The molecule has 3 rings (SSSR count). The number of furan rings is 1. The maximum absolute atomic E-state index is 12.1. The molecule has 0 spiro atoms. The summed E-state index contributed by atoms with van der Waals surface area (Å²) in [7, 11) is 0. The molecule has 0 saturated heterocycles. The molecular weight excluding hydrogens is 404 g/mol. The highest BCUT2D eigenvalue weighted by Crippen LogP contribution is 2.23. The van der Waals surface area contributed by atoms with Gasteiger partial charge < -0.3 is 19.8 Å². The van der Waals surface area contributed by atoms with E-state index in [9.17, 15) is 14.4 Å². The van der Waals surface area contributed by atoms with E-state index in [1.54, 1.807) is 36.4 Å². The van der Waals surface area contributed by atoms with Crippen LogP contribution in [0.3, 0.4) is 0 Å². The summed E-state index contributed by atoms with van der Waals surface area (Å²) in [5, 5.41) is 6.33. The second-order valence-electron chi connectivity index (χ2n) is 5.57. The van der Waals surface area contributed by atoms with Crippen LogP contribution in [-0.2, 0) is 16.1 Å². The minimum absolute atomic E-state index is 0.162. The monoisotopic (exact) mass is 418 g/mol. The number of carbonyl (C=O) groups excluding carboxylic acids is 3. The molecule has 0 fully saturated rings. The van der Waals surface area contributed by atoms with Crippen LogP contribution in [0.4, 0.5) is 5.00 Å². The summed E-state index contributed by atoms with van der Waals surface area (Å²) in [4.78, 5) is 36.0. The summed E-state index contributed by atoms with van der Waals surface area (Å²) in [6.07, 6.45) is 1.39. The van der Waals surface area contributed by atoms with Gasteiger partial charge in [0, 0.05) is 11.6 Å². The first kappa shape index (κ1) is 19.7. The Kier molecular flexibility index (Phi) is 6.46. The molecule has 2 heterocycles. The molecule has 0 bridgehead atoms. The van der Waals surface area contributed by atoms with Gasteiger partial charge in [-0.05, 0) is 42.0 Å². The third-order valence-electron chi connectivity index (χ3n) is 3.53. The fourth-order valence-corrected chi connectivity index (χ4v) is 3.07. The van der Waals surface area contributed by atoms with Gasteiger partial charge in [-0.1, -0.05) is 23.7 Å². The molecule has 1 aromatic carbocycles. The Morgan fingerprint density at radius 1 is 1.07 bits per heavy atom. The molecule has 9 heteroatoms. The lowest BCUT2D eigenvalue weighted by atomic mass is 10.2. The van der Waals surface area contributed by atoms with E-state index in [1.807, 2.05) is 0 Å². The number of nitrogens with one attached hydrogen (secondary N) is 2. The van der Waals surface area contributed by atoms with Gasteiger partial charge in [0.1, 0.15) is 4.88 Å². The summed E-state index contributed by atoms with van der Waals surface area (Å²) in [6.45, 7) is -0.103. The zero-order chi connectivity index (χ0) is 19.9. The van der Waals surface area contributed by atoms with Crippen LogP contribution in [0.1, 0.15) is 25.8 Å². The lowest BCUT2D eigenvalue weighted by Gasteiger charge is -2.06. The smallest absolute Gasteiger partial charge is 0.348 e. The van der Waals surface area contributed by atoms with Crippen LogP contribution in [0.2, 0.25) is 5.02 Å². The van der Waals surface area contributed by atoms with Crippen molar-refractivity contribution >= 4 is 45.7 Å². The van der Waals surface area contributed by atoms with E-state index < -0.39 is 24.4 Å². The van der Waals surface area contributed by atoms with Gasteiger partial charge in [0.05, 0.1) is 11.3 Å². The Labute approximate surface area is 169 Å². The fourth-order valence-electron chi connectivity index (χ4n) is 2.15. The highest BCUT2D eigenvalue weighted by atomic mass is 35.5. The molecule has 144 valence electrons. The maximum Gasteiger partial charge on any atom is 0.348 e. The van der Waals surface area contributed by atoms with Gasteiger partial charge in [0.25, 0.3) is 11.8 Å². The molecule has 0 saturated carbocycles. The first-order valence-corrected chi connectivity index (χ1v) is 9.33. The zero-order valence-electron chi connectivity index (χ0n) is 14.4. The van der Waals surface area contributed by atoms with E-state index in [0.29, 0.717) is 16.6 Å². The molecule has 0 unspecified atom stereocenters. The van der Waals surface area contributed by atoms with Crippen LogP contribution in [-0.4, -0.2) is 24.4 Å². The molecule has 0 aliphatic heterocycles. The molecule has 3 aromatic rings. The van der Waals surface area contributed by atoms with Gasteiger partial charge in [0.2, 0.25) is 0 Å². The van der Waals surface area contributed by atoms with Crippen molar-refractivity contribution in [2.45, 2.75) is 6.54 Å². The SMILES string of the molecule is O=C(COC(=O)c1ccc(NC(=O)c2ccco2)s1)NCc1ccc(Cl)cc1. The van der Waals surface area contributed by atoms with Crippen molar-refractivity contribution < 1.29 is 23.5 Å². The molecular formula is C19H15ClN2O5S. The van der Waals surface area contributed by atoms with Gasteiger partial charge in [-0.15, -0.1) is 11.3 Å². The molecule has 28 heavy (non-hydrogen) atoms. The standard InChI is InChI=1S/C19H15ClN2O5S/c20-13-5-3-12(4-6-13)10-21-16(23)11-27-19(25)15-7-8-17(28-15)22-18(24)14-2-1-9-26-14/h1-9H,10-11H2,(H,21,23)(H,22,24). The predicted octanol–water partition coefficient (Wildman–Crippen LogP) is 3.72. The first-order chi connectivity index (χ1) is 13.5. The number of hydrogen-bond donors (Lipinski definition) is 2. The van der Waals surface area contributed by atoms with Gasteiger partial charge in [-0.3, -0.25) is 9.59 Å². The molecule has 2 aromatic heterocycles. The Morgan fingerprint density at radius 3 is 2.57 bits per heavy atom. The summed E-state index contributed by atoms with van der Waals surface area (Å²) in [6, 6.07) is 13.2. The van der Waals surface area contributed by atoms with E-state index in [1.165, 1.54) is 18.4 Å². The lowest BCUT2D eigenvalue weighted by molar-refractivity contribution is -0.124. The highest BCUT2D eigenvalue weighted by molar-refractivity contribution is 7.18. The van der Waals surface area contributed by atoms with E-state index in [2.05, 4.69) is 10.6 Å². The average Bonchev–Trinajstić information content (AvgIpc) is 3.38. The quantitative estimate of drug-likeness (QED) is 0.570. The van der Waals surface area contributed by atoms with Crippen molar-refractivity contribution in [3.8, 4) is 0 Å². The summed E-state index contributed by atoms with van der Waals surface area (Å²) in [5.41, 5.74) is 0.874. The number of thiophene rings is 1. The molecule has 0 aliphatic rings. The first-order valence-electron chi connectivity index (χ1n) is 8.14. The zero-order valence-corrected chi connectivity index (χ0v) is 16.0. The van der Waals surface area contributed by atoms with Crippen molar-refractivity contribution in [3.63, 3.8) is 0 Å². The van der Waals surface area contributed by atoms with E-state index in [0.717, 1.165) is 16.9 Å². The minimum atomic E-state index is -0.648. The normalized spacial score (nSPS) is 10.3. The van der Waals surface area contributed by atoms with Crippen molar-refractivity contribution in [2.75, 3.05) is 11.9 Å².